The number of nitrogens with zero attached hydrogens (tertiary/aromatic N) is 4. The van der Waals surface area contributed by atoms with Crippen LogP contribution in [0.15, 0.2) is 36.5 Å². The molecule has 1 fully saturated rings. The number of aromatic nitrogens is 2. The smallest absolute Gasteiger partial charge is 0.258 e. The molecule has 1 aromatic heterocycles. The van der Waals surface area contributed by atoms with Crippen LogP contribution >= 0.6 is 11.6 Å². The van der Waals surface area contributed by atoms with Crippen LogP contribution in [-0.4, -0.2) is 78.1 Å². The molecule has 210 valence electrons. The molecule has 40 heavy (non-hydrogen) atoms. The van der Waals surface area contributed by atoms with Crippen molar-refractivity contribution in [1.29, 1.82) is 0 Å². The Balaban J connectivity index is 1.36. The number of hydrogen-bond acceptors (Lipinski definition) is 8. The van der Waals surface area contributed by atoms with Gasteiger partial charge in [-0.25, -0.2) is 9.37 Å². The second kappa shape index (κ2) is 11.3. The van der Waals surface area contributed by atoms with Crippen molar-refractivity contribution in [2.24, 2.45) is 0 Å². The monoisotopic (exact) mass is 568 g/mol. The zero-order valence-corrected chi connectivity index (χ0v) is 23.4. The van der Waals surface area contributed by atoms with E-state index in [4.69, 9.17) is 21.1 Å². The molecule has 0 saturated carbocycles. The molecule has 2 aromatic carbocycles. The molecule has 2 aliphatic rings. The number of nitrogens with one attached hydrogen (secondary N) is 2. The van der Waals surface area contributed by atoms with E-state index in [0.717, 1.165) is 5.56 Å². The van der Waals surface area contributed by atoms with Gasteiger partial charge < -0.3 is 29.9 Å². The molecule has 0 aliphatic carbocycles. The van der Waals surface area contributed by atoms with Crippen molar-refractivity contribution >= 4 is 35.1 Å². The lowest BCUT2D eigenvalue weighted by Crippen LogP contribution is -2.51. The molecule has 0 radical (unpaired) electrons. The van der Waals surface area contributed by atoms with Crippen molar-refractivity contribution in [3.63, 3.8) is 0 Å². The second-order valence-corrected chi connectivity index (χ2v) is 10.4. The number of ether oxygens (including phenoxy) is 2. The number of anilines is 2. The summed E-state index contributed by atoms with van der Waals surface area (Å²) < 4.78 is 26.0. The molecule has 0 spiro atoms. The van der Waals surface area contributed by atoms with Gasteiger partial charge in [0.2, 0.25) is 11.8 Å². The van der Waals surface area contributed by atoms with Crippen LogP contribution in [0.5, 0.6) is 17.4 Å². The van der Waals surface area contributed by atoms with Gasteiger partial charge in [-0.2, -0.15) is 4.98 Å². The lowest BCUT2D eigenvalue weighted by molar-refractivity contribution is 0.0811. The zero-order valence-electron chi connectivity index (χ0n) is 22.6. The summed E-state index contributed by atoms with van der Waals surface area (Å²) in [6.45, 7) is 3.27. The summed E-state index contributed by atoms with van der Waals surface area (Å²) in [6, 6.07) is 8.15. The number of fused-ring (bicyclic) bond motifs is 1. The molecule has 0 unspecified atom stereocenters. The van der Waals surface area contributed by atoms with Crippen LogP contribution in [0.3, 0.4) is 0 Å². The maximum Gasteiger partial charge on any atom is 0.258 e. The highest BCUT2D eigenvalue weighted by molar-refractivity contribution is 6.31. The average molecular weight is 569 g/mol. The minimum absolute atomic E-state index is 0.0699. The van der Waals surface area contributed by atoms with Crippen molar-refractivity contribution in [1.82, 2.24) is 25.1 Å². The highest BCUT2D eigenvalue weighted by Crippen LogP contribution is 2.36. The molecule has 2 aliphatic heterocycles. The van der Waals surface area contributed by atoms with Gasteiger partial charge in [0.15, 0.2) is 0 Å². The number of amides is 2. The zero-order chi connectivity index (χ0) is 28.6. The Labute approximate surface area is 236 Å². The number of rotatable bonds is 7. The minimum atomic E-state index is -1.14. The fourth-order valence-corrected chi connectivity index (χ4v) is 5.06. The summed E-state index contributed by atoms with van der Waals surface area (Å²) in [5.74, 6) is 0.441. The first-order valence-electron chi connectivity index (χ1n) is 12.8. The number of likely N-dealkylation sites (tertiary alicyclic amines) is 1. The van der Waals surface area contributed by atoms with E-state index in [0.29, 0.717) is 53.4 Å². The number of aryl methyl sites for hydroxylation is 1. The van der Waals surface area contributed by atoms with Crippen LogP contribution in [0.2, 0.25) is 5.02 Å². The number of hydrogen-bond donors (Lipinski definition) is 2. The molecular formula is C28H30ClFN6O4. The lowest BCUT2D eigenvalue weighted by atomic mass is 10.0. The second-order valence-electron chi connectivity index (χ2n) is 10.0. The summed E-state index contributed by atoms with van der Waals surface area (Å²) in [4.78, 5) is 37.8. The average Bonchev–Trinajstić information content (AvgIpc) is 3.21. The number of piperidine rings is 1. The number of alkyl halides is 1. The maximum absolute atomic E-state index is 14.5. The third kappa shape index (κ3) is 5.52. The molecule has 1 saturated heterocycles. The number of carbonyl (C=O) groups excluding carboxylic acids is 2. The molecule has 2 N–H and O–H groups in total. The van der Waals surface area contributed by atoms with Gasteiger partial charge in [-0.15, -0.1) is 0 Å². The quantitative estimate of drug-likeness (QED) is 0.433. The largest absolute Gasteiger partial charge is 0.495 e. The summed E-state index contributed by atoms with van der Waals surface area (Å²) in [5, 5.41) is 6.08. The van der Waals surface area contributed by atoms with Gasteiger partial charge in [0.05, 0.1) is 30.6 Å². The number of methoxy groups -OCH3 is 1. The van der Waals surface area contributed by atoms with Crippen LogP contribution in [0.25, 0.3) is 0 Å². The Bertz CT molecular complexity index is 1470. The van der Waals surface area contributed by atoms with Crippen LogP contribution in [0.4, 0.5) is 16.0 Å². The Hall–Kier alpha value is -3.96. The SMILES string of the molecule is COc1cc(C(=O)N[C@H]2CCN(C)C[C@H]2F)c(C)cc1Nc1ncc(Cl)c(Oc2cccc3c2C(=O)N(C)C3)n1. The maximum atomic E-state index is 14.5. The first-order valence-corrected chi connectivity index (χ1v) is 13.2. The molecule has 2 amide bonds. The number of benzene rings is 2. The van der Waals surface area contributed by atoms with Crippen molar-refractivity contribution in [2.75, 3.05) is 39.6 Å². The van der Waals surface area contributed by atoms with E-state index in [1.54, 1.807) is 43.1 Å². The van der Waals surface area contributed by atoms with E-state index in [2.05, 4.69) is 20.6 Å². The standard InChI is InChI=1S/C28H30ClFN6O4/c1-15-10-21(23(39-4)11-17(15)25(37)32-20-8-9-35(2)14-19(20)30)33-28-31-12-18(29)26(34-28)40-22-7-5-6-16-13-36(3)27(38)24(16)22/h5-7,10-12,19-20H,8-9,13-14H2,1-4H3,(H,32,37)(H,31,33,34)/t19-,20+/m1/s1. The molecule has 2 atom stereocenters. The summed E-state index contributed by atoms with van der Waals surface area (Å²) >= 11 is 6.33. The lowest BCUT2D eigenvalue weighted by Gasteiger charge is -2.32. The third-order valence-corrected chi connectivity index (χ3v) is 7.36. The first-order chi connectivity index (χ1) is 19.1. The molecule has 5 rings (SSSR count). The van der Waals surface area contributed by atoms with E-state index in [-0.39, 0.29) is 35.2 Å². The molecule has 10 nitrogen and oxygen atoms in total. The van der Waals surface area contributed by atoms with E-state index in [1.807, 2.05) is 18.0 Å². The molecule has 0 bridgehead atoms. The van der Waals surface area contributed by atoms with E-state index >= 15 is 0 Å². The van der Waals surface area contributed by atoms with Gasteiger partial charge in [-0.05, 0) is 49.7 Å². The van der Waals surface area contributed by atoms with Crippen molar-refractivity contribution in [2.45, 2.75) is 32.1 Å². The number of carbonyl (C=O) groups is 2. The van der Waals surface area contributed by atoms with Crippen molar-refractivity contribution in [3.8, 4) is 17.4 Å². The summed E-state index contributed by atoms with van der Waals surface area (Å²) in [7, 11) is 5.06. The predicted molar refractivity (Wildman–Crippen MR) is 149 cm³/mol. The van der Waals surface area contributed by atoms with Crippen molar-refractivity contribution in [3.05, 3.63) is 63.8 Å². The van der Waals surface area contributed by atoms with E-state index in [9.17, 15) is 14.0 Å². The number of halogens is 2. The van der Waals surface area contributed by atoms with Crippen molar-refractivity contribution < 1.29 is 23.5 Å². The molecular weight excluding hydrogens is 539 g/mol. The molecule has 3 heterocycles. The van der Waals surface area contributed by atoms with Gasteiger partial charge in [0.1, 0.15) is 22.7 Å². The minimum Gasteiger partial charge on any atom is -0.495 e. The highest BCUT2D eigenvalue weighted by Gasteiger charge is 2.30. The fraction of sp³-hybridized carbons (Fsp3) is 0.357. The normalized spacial score (nSPS) is 18.9. The van der Waals surface area contributed by atoms with Crippen LogP contribution in [-0.2, 0) is 6.54 Å². The van der Waals surface area contributed by atoms with Gasteiger partial charge in [0, 0.05) is 32.2 Å². The summed E-state index contributed by atoms with van der Waals surface area (Å²) in [6.07, 6.45) is 0.786. The fourth-order valence-electron chi connectivity index (χ4n) is 4.93. The predicted octanol–water partition coefficient (Wildman–Crippen LogP) is 4.34. The van der Waals surface area contributed by atoms with E-state index < -0.39 is 12.2 Å². The first kappa shape index (κ1) is 27.6. The van der Waals surface area contributed by atoms with Gasteiger partial charge in [-0.3, -0.25) is 9.59 Å². The van der Waals surface area contributed by atoms with Crippen LogP contribution in [0.1, 0.15) is 38.3 Å². The Morgan fingerprint density at radius 2 is 2.02 bits per heavy atom. The highest BCUT2D eigenvalue weighted by atomic mass is 35.5. The topological polar surface area (TPSA) is 109 Å². The Kier molecular flexibility index (Phi) is 7.77. The summed E-state index contributed by atoms with van der Waals surface area (Å²) in [5.41, 5.74) is 2.86. The van der Waals surface area contributed by atoms with Gasteiger partial charge in [-0.1, -0.05) is 23.7 Å². The van der Waals surface area contributed by atoms with E-state index in [1.165, 1.54) is 13.3 Å². The van der Waals surface area contributed by atoms with Crippen LogP contribution in [0, 0.1) is 6.92 Å². The molecule has 3 aromatic rings. The third-order valence-electron chi connectivity index (χ3n) is 7.10. The van der Waals surface area contributed by atoms with Crippen LogP contribution < -0.4 is 20.1 Å². The van der Waals surface area contributed by atoms with Gasteiger partial charge in [0.25, 0.3) is 11.8 Å². The molecule has 12 heteroatoms. The Morgan fingerprint density at radius 1 is 1.23 bits per heavy atom. The Morgan fingerprint density at radius 3 is 2.77 bits per heavy atom. The van der Waals surface area contributed by atoms with Gasteiger partial charge >= 0.3 is 0 Å².